The van der Waals surface area contributed by atoms with Crippen LogP contribution in [0.1, 0.15) is 32.1 Å². The van der Waals surface area contributed by atoms with E-state index >= 15 is 0 Å². The highest BCUT2D eigenvalue weighted by molar-refractivity contribution is 5.82. The number of carbonyl (C=O) groups is 1. The van der Waals surface area contributed by atoms with Gasteiger partial charge >= 0.3 is 5.97 Å². The Kier molecular flexibility index (Phi) is 4.30. The van der Waals surface area contributed by atoms with Gasteiger partial charge in [0.05, 0.1) is 6.26 Å². The third-order valence-electron chi connectivity index (χ3n) is 2.35. The smallest absolute Gasteiger partial charge is 0.335 e. The lowest BCUT2D eigenvalue weighted by atomic mass is 9.89. The van der Waals surface area contributed by atoms with E-state index in [0.29, 0.717) is 5.92 Å². The predicted molar refractivity (Wildman–Crippen MR) is 52.0 cm³/mol. The normalized spacial score (nSPS) is 18.8. The summed E-state index contributed by atoms with van der Waals surface area (Å²) in [6.45, 7) is 3.32. The van der Waals surface area contributed by atoms with Crippen molar-refractivity contribution < 1.29 is 9.53 Å². The molecule has 0 spiro atoms. The second-order valence-corrected chi connectivity index (χ2v) is 3.36. The Morgan fingerprint density at radius 3 is 2.62 bits per heavy atom. The van der Waals surface area contributed by atoms with E-state index in [0.717, 1.165) is 6.26 Å². The Morgan fingerprint density at radius 2 is 2.00 bits per heavy atom. The Morgan fingerprint density at radius 1 is 1.31 bits per heavy atom. The van der Waals surface area contributed by atoms with Crippen molar-refractivity contribution in [1.82, 2.24) is 0 Å². The van der Waals surface area contributed by atoms with Gasteiger partial charge in [-0.3, -0.25) is 0 Å². The first-order valence-electron chi connectivity index (χ1n) is 4.82. The Hall–Kier alpha value is -1.05. The number of allylic oxidation sites excluding steroid dienone is 1. The highest BCUT2D eigenvalue weighted by atomic mass is 16.5. The highest BCUT2D eigenvalue weighted by Crippen LogP contribution is 2.24. The lowest BCUT2D eigenvalue weighted by Gasteiger charge is -2.17. The molecule has 0 amide bonds. The van der Waals surface area contributed by atoms with Crippen LogP contribution in [0, 0.1) is 5.92 Å². The van der Waals surface area contributed by atoms with Gasteiger partial charge in [0.1, 0.15) is 0 Å². The molecule has 0 radical (unpaired) electrons. The molecule has 1 aliphatic carbocycles. The quantitative estimate of drug-likeness (QED) is 0.379. The fourth-order valence-corrected chi connectivity index (χ4v) is 1.66. The van der Waals surface area contributed by atoms with Gasteiger partial charge in [0.15, 0.2) is 0 Å². The van der Waals surface area contributed by atoms with E-state index in [2.05, 4.69) is 11.3 Å². The Balaban J connectivity index is 2.28. The molecule has 0 unspecified atom stereocenters. The van der Waals surface area contributed by atoms with E-state index in [-0.39, 0.29) is 5.97 Å². The van der Waals surface area contributed by atoms with Gasteiger partial charge in [-0.15, -0.1) is 0 Å². The van der Waals surface area contributed by atoms with Gasteiger partial charge in [-0.05, 0) is 18.8 Å². The fourth-order valence-electron chi connectivity index (χ4n) is 1.66. The number of carbonyl (C=O) groups excluding carboxylic acids is 1. The number of ether oxygens (including phenoxy) is 1. The molecule has 2 nitrogen and oxygen atoms in total. The van der Waals surface area contributed by atoms with Crippen molar-refractivity contribution in [1.29, 1.82) is 0 Å². The van der Waals surface area contributed by atoms with Crippen LogP contribution in [-0.4, -0.2) is 5.97 Å². The van der Waals surface area contributed by atoms with Crippen LogP contribution < -0.4 is 0 Å². The van der Waals surface area contributed by atoms with E-state index in [1.54, 1.807) is 0 Å². The summed E-state index contributed by atoms with van der Waals surface area (Å²) in [6, 6.07) is 0. The molecule has 1 rings (SSSR count). The molecule has 0 atom stereocenters. The topological polar surface area (TPSA) is 26.3 Å². The average Bonchev–Trinajstić information content (AvgIpc) is 2.17. The van der Waals surface area contributed by atoms with E-state index in [1.807, 2.05) is 6.08 Å². The summed E-state index contributed by atoms with van der Waals surface area (Å²) in [5, 5.41) is 0. The molecular weight excluding hydrogens is 164 g/mol. The van der Waals surface area contributed by atoms with E-state index in [9.17, 15) is 4.79 Å². The minimum absolute atomic E-state index is 0.319. The maximum absolute atomic E-state index is 10.9. The van der Waals surface area contributed by atoms with Gasteiger partial charge in [-0.25, -0.2) is 4.79 Å². The van der Waals surface area contributed by atoms with Crippen LogP contribution in [0.3, 0.4) is 0 Å². The van der Waals surface area contributed by atoms with Crippen molar-refractivity contribution >= 4 is 5.97 Å². The molecule has 72 valence electrons. The summed E-state index contributed by atoms with van der Waals surface area (Å²) >= 11 is 0. The van der Waals surface area contributed by atoms with Gasteiger partial charge in [0, 0.05) is 6.08 Å². The van der Waals surface area contributed by atoms with Crippen molar-refractivity contribution in [3.63, 3.8) is 0 Å². The minimum Gasteiger partial charge on any atom is -0.432 e. The second-order valence-electron chi connectivity index (χ2n) is 3.36. The van der Waals surface area contributed by atoms with Crippen LogP contribution in [0.15, 0.2) is 25.0 Å². The zero-order valence-corrected chi connectivity index (χ0v) is 7.87. The summed E-state index contributed by atoms with van der Waals surface area (Å²) in [4.78, 5) is 10.9. The number of esters is 1. The first-order chi connectivity index (χ1) is 6.33. The van der Waals surface area contributed by atoms with E-state index in [4.69, 9.17) is 0 Å². The SMILES string of the molecule is C=COC(=O)C=CC1CCCCC1. The maximum Gasteiger partial charge on any atom is 0.335 e. The molecule has 0 aromatic carbocycles. The lowest BCUT2D eigenvalue weighted by Crippen LogP contribution is -2.04. The van der Waals surface area contributed by atoms with Crippen molar-refractivity contribution in [3.05, 3.63) is 25.0 Å². The minimum atomic E-state index is -0.319. The Labute approximate surface area is 79.3 Å². The first kappa shape index (κ1) is 10.0. The molecule has 13 heavy (non-hydrogen) atoms. The zero-order chi connectivity index (χ0) is 9.52. The molecule has 0 aromatic heterocycles. The van der Waals surface area contributed by atoms with Crippen LogP contribution in [-0.2, 0) is 9.53 Å². The lowest BCUT2D eigenvalue weighted by molar-refractivity contribution is -0.132. The highest BCUT2D eigenvalue weighted by Gasteiger charge is 2.10. The molecule has 0 N–H and O–H groups in total. The number of hydrogen-bond donors (Lipinski definition) is 0. The van der Waals surface area contributed by atoms with Gasteiger partial charge < -0.3 is 4.74 Å². The molecule has 0 bridgehead atoms. The summed E-state index contributed by atoms with van der Waals surface area (Å²) < 4.78 is 4.57. The summed E-state index contributed by atoms with van der Waals surface area (Å²) in [7, 11) is 0. The van der Waals surface area contributed by atoms with Gasteiger partial charge in [0.25, 0.3) is 0 Å². The average molecular weight is 180 g/mol. The Bertz CT molecular complexity index is 200. The van der Waals surface area contributed by atoms with E-state index < -0.39 is 0 Å². The monoisotopic (exact) mass is 180 g/mol. The second kappa shape index (κ2) is 5.57. The molecular formula is C11H16O2. The molecule has 0 saturated heterocycles. The van der Waals surface area contributed by atoms with Gasteiger partial charge in [0.2, 0.25) is 0 Å². The molecule has 1 fully saturated rings. The van der Waals surface area contributed by atoms with Gasteiger partial charge in [-0.2, -0.15) is 0 Å². The van der Waals surface area contributed by atoms with Crippen molar-refractivity contribution in [2.75, 3.05) is 0 Å². The van der Waals surface area contributed by atoms with Crippen molar-refractivity contribution in [2.45, 2.75) is 32.1 Å². The third kappa shape index (κ3) is 3.92. The first-order valence-corrected chi connectivity index (χ1v) is 4.82. The van der Waals surface area contributed by atoms with Crippen LogP contribution in [0.5, 0.6) is 0 Å². The molecule has 2 heteroatoms. The largest absolute Gasteiger partial charge is 0.432 e. The molecule has 1 aliphatic rings. The fraction of sp³-hybridized carbons (Fsp3) is 0.545. The van der Waals surface area contributed by atoms with Crippen LogP contribution in [0.2, 0.25) is 0 Å². The number of rotatable bonds is 3. The summed E-state index contributed by atoms with van der Waals surface area (Å²) in [5.74, 6) is 0.256. The van der Waals surface area contributed by atoms with Crippen LogP contribution >= 0.6 is 0 Å². The molecule has 0 heterocycles. The van der Waals surface area contributed by atoms with E-state index in [1.165, 1.54) is 38.2 Å². The van der Waals surface area contributed by atoms with Crippen LogP contribution in [0.4, 0.5) is 0 Å². The maximum atomic E-state index is 10.9. The number of hydrogen-bond acceptors (Lipinski definition) is 2. The molecule has 0 aliphatic heterocycles. The third-order valence-corrected chi connectivity index (χ3v) is 2.35. The standard InChI is InChI=1S/C11H16O2/c1-2-13-11(12)9-8-10-6-4-3-5-7-10/h2,8-10H,1,3-7H2. The zero-order valence-electron chi connectivity index (χ0n) is 7.87. The summed E-state index contributed by atoms with van der Waals surface area (Å²) in [5.41, 5.74) is 0. The van der Waals surface area contributed by atoms with Crippen molar-refractivity contribution in [2.24, 2.45) is 5.92 Å². The molecule has 0 aromatic rings. The predicted octanol–water partition coefficient (Wildman–Crippen LogP) is 2.81. The molecule has 1 saturated carbocycles. The van der Waals surface area contributed by atoms with Crippen molar-refractivity contribution in [3.8, 4) is 0 Å². The van der Waals surface area contributed by atoms with Crippen LogP contribution in [0.25, 0.3) is 0 Å². The van der Waals surface area contributed by atoms with Gasteiger partial charge in [-0.1, -0.05) is 31.9 Å². The summed E-state index contributed by atoms with van der Waals surface area (Å²) in [6.07, 6.45) is 10.9.